The molecule has 2 amide bonds. The maximum atomic E-state index is 12.4. The molecule has 0 aromatic heterocycles. The number of non-ortho nitro benzene ring substituents is 1. The minimum atomic E-state index is -0.704. The van der Waals surface area contributed by atoms with E-state index in [0.717, 1.165) is 23.8 Å². The average molecular weight is 376 g/mol. The highest BCUT2D eigenvalue weighted by Crippen LogP contribution is 2.38. The van der Waals surface area contributed by atoms with Crippen LogP contribution in [0.1, 0.15) is 32.1 Å². The lowest BCUT2D eigenvalue weighted by Gasteiger charge is -2.19. The van der Waals surface area contributed by atoms with E-state index in [2.05, 4.69) is 0 Å². The van der Waals surface area contributed by atoms with Gasteiger partial charge in [-0.15, -0.1) is 0 Å². The average Bonchev–Trinajstić information content (AvgIpc) is 2.91. The van der Waals surface area contributed by atoms with Gasteiger partial charge >= 0.3 is 5.97 Å². The Labute approximate surface area is 155 Å². The summed E-state index contributed by atoms with van der Waals surface area (Å²) in [6.07, 6.45) is 3.09. The summed E-state index contributed by atoms with van der Waals surface area (Å²) < 4.78 is 10.2. The molecule has 3 rings (SSSR count). The molecule has 1 aliphatic heterocycles. The van der Waals surface area contributed by atoms with Crippen LogP contribution >= 0.6 is 0 Å². The molecule has 0 N–H and O–H groups in total. The molecule has 1 saturated heterocycles. The fraction of sp³-hybridized carbons (Fsp3) is 0.500. The minimum absolute atomic E-state index is 0.0548. The van der Waals surface area contributed by atoms with Crippen LogP contribution < -0.4 is 9.47 Å². The van der Waals surface area contributed by atoms with E-state index in [1.807, 2.05) is 0 Å². The summed E-state index contributed by atoms with van der Waals surface area (Å²) in [6.45, 7) is -0.0548. The van der Waals surface area contributed by atoms with Gasteiger partial charge < -0.3 is 9.47 Å². The van der Waals surface area contributed by atoms with Crippen molar-refractivity contribution in [1.29, 1.82) is 0 Å². The van der Waals surface area contributed by atoms with Crippen molar-refractivity contribution in [3.05, 3.63) is 28.3 Å². The van der Waals surface area contributed by atoms with E-state index in [1.54, 1.807) is 0 Å². The van der Waals surface area contributed by atoms with Gasteiger partial charge in [-0.25, -0.2) is 0 Å². The van der Waals surface area contributed by atoms with Crippen molar-refractivity contribution in [3.63, 3.8) is 0 Å². The molecule has 9 nitrogen and oxygen atoms in total. The Morgan fingerprint density at radius 3 is 2.37 bits per heavy atom. The summed E-state index contributed by atoms with van der Waals surface area (Å²) in [4.78, 5) is 48.4. The van der Waals surface area contributed by atoms with E-state index in [-0.39, 0.29) is 53.8 Å². The number of hydrogen-bond acceptors (Lipinski definition) is 7. The summed E-state index contributed by atoms with van der Waals surface area (Å²) >= 11 is 0. The molecule has 0 bridgehead atoms. The van der Waals surface area contributed by atoms with Gasteiger partial charge in [0, 0.05) is 12.6 Å². The smallest absolute Gasteiger partial charge is 0.313 e. The van der Waals surface area contributed by atoms with Crippen LogP contribution in [-0.2, 0) is 14.4 Å². The fourth-order valence-electron chi connectivity index (χ4n) is 3.69. The monoisotopic (exact) mass is 376 g/mol. The van der Waals surface area contributed by atoms with E-state index in [4.69, 9.17) is 9.47 Å². The Balaban J connectivity index is 1.63. The molecule has 1 heterocycles. The van der Waals surface area contributed by atoms with E-state index >= 15 is 0 Å². The molecule has 2 aliphatic rings. The normalized spacial score (nSPS) is 21.7. The molecule has 144 valence electrons. The molecule has 1 aromatic carbocycles. The van der Waals surface area contributed by atoms with Crippen molar-refractivity contribution in [2.45, 2.75) is 32.1 Å². The van der Waals surface area contributed by atoms with Crippen molar-refractivity contribution in [2.75, 3.05) is 13.7 Å². The van der Waals surface area contributed by atoms with Gasteiger partial charge in [0.05, 0.1) is 36.4 Å². The summed E-state index contributed by atoms with van der Waals surface area (Å²) in [7, 11) is 1.35. The van der Waals surface area contributed by atoms with Gasteiger partial charge in [0.25, 0.3) is 5.69 Å². The Morgan fingerprint density at radius 1 is 1.19 bits per heavy atom. The van der Waals surface area contributed by atoms with Crippen LogP contribution in [0.15, 0.2) is 18.2 Å². The molecular weight excluding hydrogens is 356 g/mol. The number of hydrogen-bond donors (Lipinski definition) is 0. The SMILES string of the molecule is COc1ccc([N+](=O)[O-])cc1OC(=O)CCN1C(=O)[C@H]2CCCC[C@@H]2C1=O. The Bertz CT molecular complexity index is 768. The number of ether oxygens (including phenoxy) is 2. The first-order valence-electron chi connectivity index (χ1n) is 8.80. The highest BCUT2D eigenvalue weighted by molar-refractivity contribution is 6.05. The zero-order valence-electron chi connectivity index (χ0n) is 14.9. The number of rotatable bonds is 6. The largest absolute Gasteiger partial charge is 0.493 e. The number of nitro benzene ring substituents is 1. The quantitative estimate of drug-likeness (QED) is 0.245. The number of fused-ring (bicyclic) bond motifs is 1. The van der Waals surface area contributed by atoms with Crippen molar-refractivity contribution >= 4 is 23.5 Å². The van der Waals surface area contributed by atoms with Gasteiger partial charge in [-0.1, -0.05) is 12.8 Å². The van der Waals surface area contributed by atoms with Crippen LogP contribution in [0.5, 0.6) is 11.5 Å². The topological polar surface area (TPSA) is 116 Å². The van der Waals surface area contributed by atoms with Crippen molar-refractivity contribution in [1.82, 2.24) is 4.90 Å². The Morgan fingerprint density at radius 2 is 1.81 bits per heavy atom. The maximum Gasteiger partial charge on any atom is 0.313 e. The summed E-state index contributed by atoms with van der Waals surface area (Å²) in [5.41, 5.74) is -0.243. The standard InChI is InChI=1S/C18H20N2O7/c1-26-14-7-6-11(20(24)25)10-15(14)27-16(21)8-9-19-17(22)12-4-2-3-5-13(12)18(19)23/h6-7,10,12-13H,2-5,8-9H2,1H3/t12-,13-/m0/s1. The van der Waals surface area contributed by atoms with Crippen LogP contribution in [0.25, 0.3) is 0 Å². The number of methoxy groups -OCH3 is 1. The van der Waals surface area contributed by atoms with Crippen LogP contribution in [-0.4, -0.2) is 41.3 Å². The second kappa shape index (κ2) is 7.73. The fourth-order valence-corrected chi connectivity index (χ4v) is 3.69. The van der Waals surface area contributed by atoms with Gasteiger partial charge in [-0.3, -0.25) is 29.4 Å². The third-order valence-corrected chi connectivity index (χ3v) is 5.05. The predicted octanol–water partition coefficient (Wildman–Crippen LogP) is 2.07. The first-order chi connectivity index (χ1) is 12.9. The molecule has 27 heavy (non-hydrogen) atoms. The van der Waals surface area contributed by atoms with Gasteiger partial charge in [-0.05, 0) is 18.9 Å². The number of carbonyl (C=O) groups is 3. The van der Waals surface area contributed by atoms with E-state index < -0.39 is 10.9 Å². The van der Waals surface area contributed by atoms with Crippen LogP contribution in [0.2, 0.25) is 0 Å². The predicted molar refractivity (Wildman–Crippen MR) is 92.1 cm³/mol. The third kappa shape index (κ3) is 3.76. The number of esters is 1. The second-order valence-electron chi connectivity index (χ2n) is 6.64. The lowest BCUT2D eigenvalue weighted by Crippen LogP contribution is -2.33. The molecular formula is C18H20N2O7. The summed E-state index contributed by atoms with van der Waals surface area (Å²) in [6, 6.07) is 3.66. The number of nitrogens with zero attached hydrogens (tertiary/aromatic N) is 2. The molecule has 1 saturated carbocycles. The van der Waals surface area contributed by atoms with Gasteiger partial charge in [0.15, 0.2) is 11.5 Å². The number of nitro groups is 1. The molecule has 1 aromatic rings. The van der Waals surface area contributed by atoms with Crippen molar-refractivity contribution < 1.29 is 28.8 Å². The lowest BCUT2D eigenvalue weighted by molar-refractivity contribution is -0.384. The first-order valence-corrected chi connectivity index (χ1v) is 8.80. The molecule has 2 atom stereocenters. The van der Waals surface area contributed by atoms with Crippen LogP contribution in [0.3, 0.4) is 0 Å². The van der Waals surface area contributed by atoms with Gasteiger partial charge in [0.2, 0.25) is 11.8 Å². The highest BCUT2D eigenvalue weighted by Gasteiger charge is 2.47. The number of likely N-dealkylation sites (tertiary alicyclic amines) is 1. The van der Waals surface area contributed by atoms with Crippen LogP contribution in [0.4, 0.5) is 5.69 Å². The third-order valence-electron chi connectivity index (χ3n) is 5.05. The number of benzene rings is 1. The molecule has 0 spiro atoms. The zero-order chi connectivity index (χ0) is 19.6. The highest BCUT2D eigenvalue weighted by atomic mass is 16.6. The molecule has 0 unspecified atom stereocenters. The van der Waals surface area contributed by atoms with Crippen molar-refractivity contribution in [3.8, 4) is 11.5 Å². The summed E-state index contributed by atoms with van der Waals surface area (Å²) in [5, 5.41) is 10.9. The lowest BCUT2D eigenvalue weighted by atomic mass is 9.81. The molecule has 0 radical (unpaired) electrons. The van der Waals surface area contributed by atoms with Crippen molar-refractivity contribution in [2.24, 2.45) is 11.8 Å². The Hall–Kier alpha value is -2.97. The summed E-state index contributed by atoms with van der Waals surface area (Å²) in [5.74, 6) is -1.57. The second-order valence-corrected chi connectivity index (χ2v) is 6.64. The zero-order valence-corrected chi connectivity index (χ0v) is 14.9. The Kier molecular flexibility index (Phi) is 5.38. The van der Waals surface area contributed by atoms with Gasteiger partial charge in [0.1, 0.15) is 0 Å². The minimum Gasteiger partial charge on any atom is -0.493 e. The molecule has 1 aliphatic carbocycles. The molecule has 2 fully saturated rings. The van der Waals surface area contributed by atoms with E-state index in [9.17, 15) is 24.5 Å². The maximum absolute atomic E-state index is 12.4. The number of amides is 2. The number of imide groups is 1. The first kappa shape index (κ1) is 18.8. The van der Waals surface area contributed by atoms with E-state index in [0.29, 0.717) is 12.8 Å². The molecule has 9 heteroatoms. The number of carbonyl (C=O) groups excluding carboxylic acids is 3. The van der Waals surface area contributed by atoms with Gasteiger partial charge in [-0.2, -0.15) is 0 Å². The van der Waals surface area contributed by atoms with E-state index in [1.165, 1.54) is 19.2 Å². The van der Waals surface area contributed by atoms with Crippen LogP contribution in [0, 0.1) is 22.0 Å².